The second-order valence-electron chi connectivity index (χ2n) is 5.87. The average Bonchev–Trinajstić information content (AvgIpc) is 2.81. The van der Waals surface area contributed by atoms with Crippen molar-refractivity contribution in [2.45, 2.75) is 65.2 Å². The summed E-state index contributed by atoms with van der Waals surface area (Å²) in [5.74, 6) is 1.96. The van der Waals surface area contributed by atoms with Gasteiger partial charge in [-0.25, -0.2) is 0 Å². The lowest BCUT2D eigenvalue weighted by molar-refractivity contribution is 0.254. The molecular formula is C16H32N2O. The lowest BCUT2D eigenvalue weighted by Gasteiger charge is -2.21. The van der Waals surface area contributed by atoms with Crippen molar-refractivity contribution in [3.63, 3.8) is 0 Å². The molecule has 1 aliphatic heterocycles. The standard InChI is InChI=1S/C16H32N2O/c1-3-4-5-6-7-8-9-15(2)14-16-17-10-11-18(16)12-13-19/h15,19H,3-14H2,1-2H3. The highest BCUT2D eigenvalue weighted by molar-refractivity contribution is 5.83. The zero-order valence-corrected chi connectivity index (χ0v) is 12.9. The molecule has 0 saturated carbocycles. The molecular weight excluding hydrogens is 236 g/mol. The van der Waals surface area contributed by atoms with E-state index in [1.54, 1.807) is 0 Å². The molecule has 1 atom stereocenters. The van der Waals surface area contributed by atoms with Gasteiger partial charge in [-0.05, 0) is 5.92 Å². The van der Waals surface area contributed by atoms with Gasteiger partial charge < -0.3 is 10.0 Å². The maximum absolute atomic E-state index is 9.03. The number of β-amino-alcohol motifs (C(OH)–C–C–N with tert-alkyl or cyclic N) is 1. The summed E-state index contributed by atoms with van der Waals surface area (Å²) < 4.78 is 0. The molecule has 1 aliphatic rings. The van der Waals surface area contributed by atoms with Crippen LogP contribution in [0.15, 0.2) is 4.99 Å². The first-order chi connectivity index (χ1) is 9.27. The zero-order valence-electron chi connectivity index (χ0n) is 12.9. The van der Waals surface area contributed by atoms with Gasteiger partial charge in [0.1, 0.15) is 0 Å². The second kappa shape index (κ2) is 10.2. The summed E-state index contributed by atoms with van der Waals surface area (Å²) in [6.07, 6.45) is 10.7. The van der Waals surface area contributed by atoms with Gasteiger partial charge >= 0.3 is 0 Å². The van der Waals surface area contributed by atoms with Crippen molar-refractivity contribution in [2.75, 3.05) is 26.2 Å². The average molecular weight is 268 g/mol. The van der Waals surface area contributed by atoms with Crippen LogP contribution in [0.2, 0.25) is 0 Å². The summed E-state index contributed by atoms with van der Waals surface area (Å²) >= 11 is 0. The molecule has 0 bridgehead atoms. The molecule has 0 radical (unpaired) electrons. The fraction of sp³-hybridized carbons (Fsp3) is 0.938. The van der Waals surface area contributed by atoms with E-state index in [0.29, 0.717) is 0 Å². The van der Waals surface area contributed by atoms with Gasteiger partial charge in [0, 0.05) is 19.5 Å². The normalized spacial score (nSPS) is 16.8. The van der Waals surface area contributed by atoms with Crippen molar-refractivity contribution in [2.24, 2.45) is 10.9 Å². The Kier molecular flexibility index (Phi) is 8.89. The van der Waals surface area contributed by atoms with Gasteiger partial charge in [0.15, 0.2) is 0 Å². The Morgan fingerprint density at radius 2 is 1.95 bits per heavy atom. The number of hydrogen-bond acceptors (Lipinski definition) is 3. The van der Waals surface area contributed by atoms with Crippen LogP contribution in [0.25, 0.3) is 0 Å². The lowest BCUT2D eigenvalue weighted by atomic mass is 9.98. The largest absolute Gasteiger partial charge is 0.395 e. The maximum Gasteiger partial charge on any atom is 0.0993 e. The van der Waals surface area contributed by atoms with Crippen LogP contribution in [0.3, 0.4) is 0 Å². The minimum atomic E-state index is 0.241. The Bertz CT molecular complexity index is 253. The highest BCUT2D eigenvalue weighted by Crippen LogP contribution is 2.18. The van der Waals surface area contributed by atoms with E-state index in [1.165, 1.54) is 50.8 Å². The van der Waals surface area contributed by atoms with Crippen molar-refractivity contribution < 1.29 is 5.11 Å². The van der Waals surface area contributed by atoms with E-state index in [9.17, 15) is 0 Å². The smallest absolute Gasteiger partial charge is 0.0993 e. The van der Waals surface area contributed by atoms with Crippen molar-refractivity contribution >= 4 is 5.84 Å². The second-order valence-corrected chi connectivity index (χ2v) is 5.87. The monoisotopic (exact) mass is 268 g/mol. The first kappa shape index (κ1) is 16.5. The van der Waals surface area contributed by atoms with Gasteiger partial charge in [-0.15, -0.1) is 0 Å². The van der Waals surface area contributed by atoms with Crippen LogP contribution < -0.4 is 0 Å². The number of aliphatic hydroxyl groups is 1. The van der Waals surface area contributed by atoms with Crippen LogP contribution in [0.5, 0.6) is 0 Å². The summed E-state index contributed by atoms with van der Waals surface area (Å²) in [6.45, 7) is 7.51. The number of aliphatic hydroxyl groups excluding tert-OH is 1. The minimum Gasteiger partial charge on any atom is -0.395 e. The molecule has 0 fully saturated rings. The van der Waals surface area contributed by atoms with Gasteiger partial charge in [-0.2, -0.15) is 0 Å². The quantitative estimate of drug-likeness (QED) is 0.582. The molecule has 3 heteroatoms. The molecule has 0 spiro atoms. The van der Waals surface area contributed by atoms with E-state index in [4.69, 9.17) is 5.11 Å². The Morgan fingerprint density at radius 1 is 1.21 bits per heavy atom. The van der Waals surface area contributed by atoms with Crippen LogP contribution >= 0.6 is 0 Å². The van der Waals surface area contributed by atoms with Crippen molar-refractivity contribution in [1.82, 2.24) is 4.90 Å². The summed E-state index contributed by atoms with van der Waals surface area (Å²) in [5, 5.41) is 9.03. The van der Waals surface area contributed by atoms with Crippen LogP contribution in [-0.4, -0.2) is 42.1 Å². The maximum atomic E-state index is 9.03. The van der Waals surface area contributed by atoms with Gasteiger partial charge in [-0.3, -0.25) is 4.99 Å². The van der Waals surface area contributed by atoms with E-state index >= 15 is 0 Å². The summed E-state index contributed by atoms with van der Waals surface area (Å²) in [7, 11) is 0. The van der Waals surface area contributed by atoms with E-state index in [0.717, 1.165) is 32.0 Å². The first-order valence-corrected chi connectivity index (χ1v) is 8.17. The third-order valence-corrected chi connectivity index (χ3v) is 3.98. The third kappa shape index (κ3) is 6.95. The Labute approximate surface area is 119 Å². The number of rotatable bonds is 11. The summed E-state index contributed by atoms with van der Waals surface area (Å²) in [5.41, 5.74) is 0. The molecule has 1 rings (SSSR count). The molecule has 19 heavy (non-hydrogen) atoms. The molecule has 0 amide bonds. The van der Waals surface area contributed by atoms with Gasteiger partial charge in [0.2, 0.25) is 0 Å². The molecule has 1 heterocycles. The van der Waals surface area contributed by atoms with Gasteiger partial charge in [-0.1, -0.05) is 58.8 Å². The molecule has 0 aliphatic carbocycles. The fourth-order valence-electron chi connectivity index (χ4n) is 2.77. The molecule has 0 aromatic carbocycles. The molecule has 0 aromatic heterocycles. The predicted molar refractivity (Wildman–Crippen MR) is 82.7 cm³/mol. The summed E-state index contributed by atoms with van der Waals surface area (Å²) in [4.78, 5) is 6.82. The topological polar surface area (TPSA) is 35.8 Å². The molecule has 0 aromatic rings. The Balaban J connectivity index is 2.08. The number of hydrogen-bond donors (Lipinski definition) is 1. The minimum absolute atomic E-state index is 0.241. The van der Waals surface area contributed by atoms with Gasteiger partial charge in [0.25, 0.3) is 0 Å². The number of nitrogens with zero attached hydrogens (tertiary/aromatic N) is 2. The van der Waals surface area contributed by atoms with Crippen molar-refractivity contribution in [3.05, 3.63) is 0 Å². The molecule has 1 N–H and O–H groups in total. The highest BCUT2D eigenvalue weighted by Gasteiger charge is 2.18. The zero-order chi connectivity index (χ0) is 13.9. The molecule has 112 valence electrons. The number of aliphatic imine (C=N–C) groups is 1. The van der Waals surface area contributed by atoms with Crippen molar-refractivity contribution in [3.8, 4) is 0 Å². The van der Waals surface area contributed by atoms with Crippen LogP contribution in [0.4, 0.5) is 0 Å². The van der Waals surface area contributed by atoms with Crippen molar-refractivity contribution in [1.29, 1.82) is 0 Å². The lowest BCUT2D eigenvalue weighted by Crippen LogP contribution is -2.31. The number of unbranched alkanes of at least 4 members (excludes halogenated alkanes) is 5. The third-order valence-electron chi connectivity index (χ3n) is 3.98. The van der Waals surface area contributed by atoms with E-state index in [2.05, 4.69) is 23.7 Å². The molecule has 3 nitrogen and oxygen atoms in total. The van der Waals surface area contributed by atoms with Gasteiger partial charge in [0.05, 0.1) is 19.0 Å². The predicted octanol–water partition coefficient (Wildman–Crippen LogP) is 3.47. The van der Waals surface area contributed by atoms with E-state index < -0.39 is 0 Å². The SMILES string of the molecule is CCCCCCCCC(C)CC1=NCCN1CCO. The molecule has 1 unspecified atom stereocenters. The number of amidine groups is 1. The van der Waals surface area contributed by atoms with E-state index in [1.807, 2.05) is 0 Å². The Morgan fingerprint density at radius 3 is 2.68 bits per heavy atom. The van der Waals surface area contributed by atoms with Crippen LogP contribution in [-0.2, 0) is 0 Å². The highest BCUT2D eigenvalue weighted by atomic mass is 16.3. The fourth-order valence-corrected chi connectivity index (χ4v) is 2.77. The Hall–Kier alpha value is -0.570. The van der Waals surface area contributed by atoms with E-state index in [-0.39, 0.29) is 6.61 Å². The molecule has 0 saturated heterocycles. The van der Waals surface area contributed by atoms with Crippen LogP contribution in [0.1, 0.15) is 65.2 Å². The summed E-state index contributed by atoms with van der Waals surface area (Å²) in [6, 6.07) is 0. The first-order valence-electron chi connectivity index (χ1n) is 8.17. The van der Waals surface area contributed by atoms with Crippen LogP contribution in [0, 0.1) is 5.92 Å².